The number of rotatable bonds is 7. The molecule has 0 spiro atoms. The van der Waals surface area contributed by atoms with Crippen LogP contribution in [0.4, 0.5) is 0 Å². The molecule has 2 amide bonds. The third-order valence-electron chi connectivity index (χ3n) is 8.67. The van der Waals surface area contributed by atoms with E-state index in [0.29, 0.717) is 23.8 Å². The average Bonchev–Trinajstić information content (AvgIpc) is 2.94. The summed E-state index contributed by atoms with van der Waals surface area (Å²) in [6.45, 7) is 13.5. The molecule has 2 fully saturated rings. The molecule has 2 aromatic rings. The fourth-order valence-corrected chi connectivity index (χ4v) is 7.05. The Morgan fingerprint density at radius 1 is 0.900 bits per heavy atom. The standard InChI is InChI=1S/C32H45N3O4S/c1-6-40(38,39)28-14-12-27(13-15-28)31(26-10-8-7-9-11-26)34-20-21-35(29(23-34)32(3,4)5)30(37)22-25-16-18-33(19-17-25)24(2)36/h7-15,25,29,31H,6,16-23H2,1-5H3/t29-,31?/m1/s1. The summed E-state index contributed by atoms with van der Waals surface area (Å²) >= 11 is 0. The molecular formula is C32H45N3O4S. The molecule has 2 aliphatic heterocycles. The number of carbonyl (C=O) groups is 2. The normalized spacial score (nSPS) is 20.4. The van der Waals surface area contributed by atoms with Crippen LogP contribution in [0, 0.1) is 11.3 Å². The first-order valence-corrected chi connectivity index (χ1v) is 16.2. The number of sulfone groups is 1. The lowest BCUT2D eigenvalue weighted by atomic mass is 9.82. The van der Waals surface area contributed by atoms with Crippen LogP contribution in [0.25, 0.3) is 0 Å². The maximum absolute atomic E-state index is 13.7. The zero-order valence-electron chi connectivity index (χ0n) is 24.7. The monoisotopic (exact) mass is 567 g/mol. The number of piperidine rings is 1. The van der Waals surface area contributed by atoms with E-state index in [4.69, 9.17) is 0 Å². The number of nitrogens with zero attached hydrogens (tertiary/aromatic N) is 3. The van der Waals surface area contributed by atoms with Crippen molar-refractivity contribution < 1.29 is 18.0 Å². The molecule has 0 aliphatic carbocycles. The number of carbonyl (C=O) groups excluding carboxylic acids is 2. The Bertz CT molecular complexity index is 1260. The topological polar surface area (TPSA) is 78.0 Å². The van der Waals surface area contributed by atoms with E-state index in [2.05, 4.69) is 42.7 Å². The summed E-state index contributed by atoms with van der Waals surface area (Å²) in [6, 6.07) is 17.7. The highest BCUT2D eigenvalue weighted by molar-refractivity contribution is 7.91. The van der Waals surface area contributed by atoms with E-state index in [-0.39, 0.29) is 35.1 Å². The molecule has 2 aromatic carbocycles. The predicted octanol–water partition coefficient (Wildman–Crippen LogP) is 4.78. The van der Waals surface area contributed by atoms with Gasteiger partial charge in [-0.1, -0.05) is 70.2 Å². The van der Waals surface area contributed by atoms with Crippen LogP contribution >= 0.6 is 0 Å². The Balaban J connectivity index is 1.55. The Morgan fingerprint density at radius 3 is 2.05 bits per heavy atom. The number of likely N-dealkylation sites (tertiary alicyclic amines) is 1. The Labute approximate surface area is 240 Å². The second kappa shape index (κ2) is 12.4. The van der Waals surface area contributed by atoms with Crippen LogP contribution in [0.5, 0.6) is 0 Å². The molecule has 0 radical (unpaired) electrons. The minimum absolute atomic E-state index is 0.0389. The van der Waals surface area contributed by atoms with E-state index in [0.717, 1.165) is 50.1 Å². The van der Waals surface area contributed by atoms with Crippen LogP contribution < -0.4 is 0 Å². The van der Waals surface area contributed by atoms with Crippen molar-refractivity contribution in [2.24, 2.45) is 11.3 Å². The summed E-state index contributed by atoms with van der Waals surface area (Å²) in [6.07, 6.45) is 2.30. The fraction of sp³-hybridized carbons (Fsp3) is 0.562. The first-order chi connectivity index (χ1) is 18.9. The summed E-state index contributed by atoms with van der Waals surface area (Å²) in [5.41, 5.74) is 2.08. The highest BCUT2D eigenvalue weighted by Crippen LogP contribution is 2.36. The second-order valence-electron chi connectivity index (χ2n) is 12.4. The largest absolute Gasteiger partial charge is 0.343 e. The van der Waals surface area contributed by atoms with Gasteiger partial charge in [0.05, 0.1) is 16.7 Å². The van der Waals surface area contributed by atoms with Gasteiger partial charge in [-0.2, -0.15) is 0 Å². The van der Waals surface area contributed by atoms with E-state index in [9.17, 15) is 18.0 Å². The van der Waals surface area contributed by atoms with Crippen LogP contribution in [-0.4, -0.2) is 79.5 Å². The summed E-state index contributed by atoms with van der Waals surface area (Å²) in [5.74, 6) is 0.722. The number of benzene rings is 2. The molecule has 7 nitrogen and oxygen atoms in total. The molecule has 4 rings (SSSR count). The predicted molar refractivity (Wildman–Crippen MR) is 159 cm³/mol. The quantitative estimate of drug-likeness (QED) is 0.481. The smallest absolute Gasteiger partial charge is 0.223 e. The second-order valence-corrected chi connectivity index (χ2v) is 14.7. The van der Waals surface area contributed by atoms with Gasteiger partial charge < -0.3 is 9.80 Å². The Hall–Kier alpha value is -2.71. The van der Waals surface area contributed by atoms with Gasteiger partial charge in [-0.15, -0.1) is 0 Å². The van der Waals surface area contributed by atoms with Crippen molar-refractivity contribution in [1.29, 1.82) is 0 Å². The van der Waals surface area contributed by atoms with E-state index >= 15 is 0 Å². The third kappa shape index (κ3) is 6.95. The van der Waals surface area contributed by atoms with Crippen molar-refractivity contribution in [1.82, 2.24) is 14.7 Å². The van der Waals surface area contributed by atoms with E-state index in [1.54, 1.807) is 26.0 Å². The van der Waals surface area contributed by atoms with E-state index in [1.807, 2.05) is 35.2 Å². The fourth-order valence-electron chi connectivity index (χ4n) is 6.17. The summed E-state index contributed by atoms with van der Waals surface area (Å²) < 4.78 is 24.9. The van der Waals surface area contributed by atoms with Gasteiger partial charge in [0.1, 0.15) is 0 Å². The van der Waals surface area contributed by atoms with E-state index in [1.165, 1.54) is 0 Å². The molecule has 8 heteroatoms. The van der Waals surface area contributed by atoms with Crippen LogP contribution in [0.15, 0.2) is 59.5 Å². The number of amides is 2. The maximum atomic E-state index is 13.7. The van der Waals surface area contributed by atoms with Crippen molar-refractivity contribution >= 4 is 21.7 Å². The molecule has 0 saturated carbocycles. The van der Waals surface area contributed by atoms with Crippen molar-refractivity contribution in [3.63, 3.8) is 0 Å². The van der Waals surface area contributed by atoms with Crippen molar-refractivity contribution in [2.45, 2.75) is 70.9 Å². The zero-order valence-corrected chi connectivity index (χ0v) is 25.5. The zero-order chi connectivity index (χ0) is 29.1. The van der Waals surface area contributed by atoms with Crippen molar-refractivity contribution in [3.05, 3.63) is 65.7 Å². The van der Waals surface area contributed by atoms with Gasteiger partial charge in [0.25, 0.3) is 0 Å². The average molecular weight is 568 g/mol. The van der Waals surface area contributed by atoms with Crippen molar-refractivity contribution in [3.8, 4) is 0 Å². The summed E-state index contributed by atoms with van der Waals surface area (Å²) in [5, 5.41) is 0. The number of piperazine rings is 1. The third-order valence-corrected chi connectivity index (χ3v) is 10.4. The minimum atomic E-state index is -3.27. The van der Waals surface area contributed by atoms with Crippen molar-refractivity contribution in [2.75, 3.05) is 38.5 Å². The first kappa shape index (κ1) is 30.3. The van der Waals surface area contributed by atoms with Crippen LogP contribution in [-0.2, 0) is 19.4 Å². The van der Waals surface area contributed by atoms with Gasteiger partial charge in [-0.05, 0) is 47.4 Å². The minimum Gasteiger partial charge on any atom is -0.343 e. The molecule has 2 atom stereocenters. The Morgan fingerprint density at radius 2 is 1.50 bits per heavy atom. The first-order valence-electron chi connectivity index (χ1n) is 14.6. The molecule has 0 bridgehead atoms. The summed E-state index contributed by atoms with van der Waals surface area (Å²) in [4.78, 5) is 32.2. The lowest BCUT2D eigenvalue weighted by molar-refractivity contribution is -0.141. The van der Waals surface area contributed by atoms with Gasteiger partial charge in [-0.3, -0.25) is 14.5 Å². The van der Waals surface area contributed by atoms with Gasteiger partial charge >= 0.3 is 0 Å². The molecule has 218 valence electrons. The van der Waals surface area contributed by atoms with Crippen LogP contribution in [0.1, 0.15) is 71.0 Å². The molecule has 0 aromatic heterocycles. The SMILES string of the molecule is CCS(=O)(=O)c1ccc(C(c2ccccc2)N2CCN(C(=O)CC3CCN(C(C)=O)CC3)[C@@H](C(C)(C)C)C2)cc1. The number of hydrogen-bond acceptors (Lipinski definition) is 5. The van der Waals surface area contributed by atoms with Gasteiger partial charge in [0, 0.05) is 52.1 Å². The van der Waals surface area contributed by atoms with Gasteiger partial charge in [0.15, 0.2) is 9.84 Å². The maximum Gasteiger partial charge on any atom is 0.223 e. The highest BCUT2D eigenvalue weighted by atomic mass is 32.2. The molecule has 0 N–H and O–H groups in total. The lowest BCUT2D eigenvalue weighted by Crippen LogP contribution is -2.60. The lowest BCUT2D eigenvalue weighted by Gasteiger charge is -2.50. The molecule has 2 aliphatic rings. The Kier molecular flexibility index (Phi) is 9.40. The van der Waals surface area contributed by atoms with Gasteiger partial charge in [-0.25, -0.2) is 8.42 Å². The highest BCUT2D eigenvalue weighted by Gasteiger charge is 2.40. The molecule has 2 saturated heterocycles. The molecular weight excluding hydrogens is 522 g/mol. The number of hydrogen-bond donors (Lipinski definition) is 0. The molecule has 2 heterocycles. The van der Waals surface area contributed by atoms with Crippen LogP contribution in [0.3, 0.4) is 0 Å². The molecule has 40 heavy (non-hydrogen) atoms. The molecule has 1 unspecified atom stereocenters. The van der Waals surface area contributed by atoms with E-state index < -0.39 is 9.84 Å². The van der Waals surface area contributed by atoms with Crippen LogP contribution in [0.2, 0.25) is 0 Å². The van der Waals surface area contributed by atoms with Gasteiger partial charge in [0.2, 0.25) is 11.8 Å². The summed E-state index contributed by atoms with van der Waals surface area (Å²) in [7, 11) is -3.27.